The second-order valence-corrected chi connectivity index (χ2v) is 4.27. The zero-order valence-electron chi connectivity index (χ0n) is 9.26. The van der Waals surface area contributed by atoms with Crippen LogP contribution in [0.3, 0.4) is 0 Å². The van der Waals surface area contributed by atoms with Crippen molar-refractivity contribution < 1.29 is 0 Å². The normalized spacial score (nSPS) is 18.2. The van der Waals surface area contributed by atoms with Crippen molar-refractivity contribution in [2.75, 3.05) is 13.1 Å². The number of nitriles is 1. The molecule has 1 saturated heterocycles. The van der Waals surface area contributed by atoms with E-state index in [0.717, 1.165) is 38.0 Å². The molecular formula is C12H16N4. The van der Waals surface area contributed by atoms with Gasteiger partial charge in [0.25, 0.3) is 0 Å². The standard InChI is InChI=1S/C12H16N4/c13-8-12-7-10(1-4-15-12)9-16-5-2-11(14)3-6-16/h1,4,7,11H,2-3,5-6,9,14H2. The lowest BCUT2D eigenvalue weighted by Crippen LogP contribution is -2.39. The van der Waals surface area contributed by atoms with Gasteiger partial charge in [0.05, 0.1) is 0 Å². The monoisotopic (exact) mass is 216 g/mol. The van der Waals surface area contributed by atoms with Gasteiger partial charge in [-0.25, -0.2) is 4.98 Å². The third-order valence-electron chi connectivity index (χ3n) is 2.98. The molecule has 0 aromatic carbocycles. The van der Waals surface area contributed by atoms with Gasteiger partial charge in [-0.1, -0.05) is 0 Å². The average Bonchev–Trinajstić information content (AvgIpc) is 2.32. The molecule has 84 valence electrons. The molecule has 1 aliphatic rings. The maximum absolute atomic E-state index is 8.76. The van der Waals surface area contributed by atoms with E-state index in [9.17, 15) is 0 Å². The number of hydrogen-bond acceptors (Lipinski definition) is 4. The van der Waals surface area contributed by atoms with Gasteiger partial charge in [-0.05, 0) is 43.6 Å². The summed E-state index contributed by atoms with van der Waals surface area (Å²) in [6, 6.07) is 6.25. The van der Waals surface area contributed by atoms with Crippen LogP contribution in [0.15, 0.2) is 18.3 Å². The van der Waals surface area contributed by atoms with Gasteiger partial charge < -0.3 is 5.73 Å². The van der Waals surface area contributed by atoms with Crippen molar-refractivity contribution in [3.63, 3.8) is 0 Å². The largest absolute Gasteiger partial charge is 0.328 e. The molecule has 1 aliphatic heterocycles. The zero-order chi connectivity index (χ0) is 11.4. The molecule has 0 saturated carbocycles. The van der Waals surface area contributed by atoms with Crippen LogP contribution in [0.5, 0.6) is 0 Å². The van der Waals surface area contributed by atoms with Crippen molar-refractivity contribution in [3.05, 3.63) is 29.6 Å². The van der Waals surface area contributed by atoms with E-state index < -0.39 is 0 Å². The van der Waals surface area contributed by atoms with Crippen molar-refractivity contribution >= 4 is 0 Å². The maximum atomic E-state index is 8.76. The van der Waals surface area contributed by atoms with E-state index in [0.29, 0.717) is 11.7 Å². The van der Waals surface area contributed by atoms with Gasteiger partial charge >= 0.3 is 0 Å². The first-order valence-electron chi connectivity index (χ1n) is 5.61. The molecule has 4 nitrogen and oxygen atoms in total. The van der Waals surface area contributed by atoms with Gasteiger partial charge in [0, 0.05) is 18.8 Å². The van der Waals surface area contributed by atoms with E-state index in [-0.39, 0.29) is 0 Å². The lowest BCUT2D eigenvalue weighted by atomic mass is 10.1. The molecule has 0 atom stereocenters. The minimum absolute atomic E-state index is 0.364. The molecule has 1 aromatic heterocycles. The highest BCUT2D eigenvalue weighted by Crippen LogP contribution is 2.12. The van der Waals surface area contributed by atoms with Crippen LogP contribution in [0.25, 0.3) is 0 Å². The molecule has 2 rings (SSSR count). The van der Waals surface area contributed by atoms with E-state index in [1.807, 2.05) is 12.1 Å². The van der Waals surface area contributed by atoms with E-state index in [4.69, 9.17) is 11.0 Å². The average molecular weight is 216 g/mol. The Morgan fingerprint density at radius 2 is 2.25 bits per heavy atom. The Morgan fingerprint density at radius 3 is 2.94 bits per heavy atom. The second kappa shape index (κ2) is 5.06. The van der Waals surface area contributed by atoms with Crippen LogP contribution >= 0.6 is 0 Å². The Kier molecular flexibility index (Phi) is 3.50. The molecule has 0 radical (unpaired) electrons. The van der Waals surface area contributed by atoms with Crippen molar-refractivity contribution in [1.29, 1.82) is 5.26 Å². The summed E-state index contributed by atoms with van der Waals surface area (Å²) < 4.78 is 0. The van der Waals surface area contributed by atoms with Crippen LogP contribution < -0.4 is 5.73 Å². The number of likely N-dealkylation sites (tertiary alicyclic amines) is 1. The third kappa shape index (κ3) is 2.78. The molecule has 0 bridgehead atoms. The molecule has 2 N–H and O–H groups in total. The van der Waals surface area contributed by atoms with E-state index in [2.05, 4.69) is 16.0 Å². The van der Waals surface area contributed by atoms with Gasteiger partial charge in [-0.15, -0.1) is 0 Å². The van der Waals surface area contributed by atoms with E-state index >= 15 is 0 Å². The summed E-state index contributed by atoms with van der Waals surface area (Å²) in [5.74, 6) is 0. The molecule has 0 aliphatic carbocycles. The van der Waals surface area contributed by atoms with E-state index in [1.165, 1.54) is 0 Å². The number of rotatable bonds is 2. The van der Waals surface area contributed by atoms with Crippen molar-refractivity contribution in [2.45, 2.75) is 25.4 Å². The lowest BCUT2D eigenvalue weighted by Gasteiger charge is -2.29. The van der Waals surface area contributed by atoms with Crippen LogP contribution in [0, 0.1) is 11.3 Å². The Bertz CT molecular complexity index is 388. The Hall–Kier alpha value is -1.44. The summed E-state index contributed by atoms with van der Waals surface area (Å²) in [5, 5.41) is 8.76. The van der Waals surface area contributed by atoms with Gasteiger partial charge in [-0.3, -0.25) is 4.90 Å². The highest BCUT2D eigenvalue weighted by Gasteiger charge is 2.15. The molecule has 0 unspecified atom stereocenters. The fourth-order valence-corrected chi connectivity index (χ4v) is 2.00. The zero-order valence-corrected chi connectivity index (χ0v) is 9.26. The van der Waals surface area contributed by atoms with Crippen LogP contribution in [0.1, 0.15) is 24.1 Å². The van der Waals surface area contributed by atoms with E-state index in [1.54, 1.807) is 6.20 Å². The number of aromatic nitrogens is 1. The van der Waals surface area contributed by atoms with Crippen molar-refractivity contribution in [1.82, 2.24) is 9.88 Å². The van der Waals surface area contributed by atoms with Crippen LogP contribution in [0.2, 0.25) is 0 Å². The molecule has 0 amide bonds. The lowest BCUT2D eigenvalue weighted by molar-refractivity contribution is 0.205. The molecular weight excluding hydrogens is 200 g/mol. The van der Waals surface area contributed by atoms with Gasteiger partial charge in [0.2, 0.25) is 0 Å². The van der Waals surface area contributed by atoms with Gasteiger partial charge in [0.15, 0.2) is 0 Å². The minimum atomic E-state index is 0.364. The smallest absolute Gasteiger partial charge is 0.140 e. The number of pyridine rings is 1. The summed E-state index contributed by atoms with van der Waals surface area (Å²) >= 11 is 0. The molecule has 2 heterocycles. The quantitative estimate of drug-likeness (QED) is 0.796. The first-order chi connectivity index (χ1) is 7.78. The Balaban J connectivity index is 1.96. The highest BCUT2D eigenvalue weighted by atomic mass is 15.1. The number of piperidine rings is 1. The maximum Gasteiger partial charge on any atom is 0.140 e. The Labute approximate surface area is 95.7 Å². The SMILES string of the molecule is N#Cc1cc(CN2CCC(N)CC2)ccn1. The summed E-state index contributed by atoms with van der Waals surface area (Å²) in [4.78, 5) is 6.34. The summed E-state index contributed by atoms with van der Waals surface area (Å²) in [6.07, 6.45) is 3.83. The second-order valence-electron chi connectivity index (χ2n) is 4.27. The summed E-state index contributed by atoms with van der Waals surface area (Å²) in [6.45, 7) is 2.99. The van der Waals surface area contributed by atoms with Crippen molar-refractivity contribution in [3.8, 4) is 6.07 Å². The first-order valence-corrected chi connectivity index (χ1v) is 5.61. The summed E-state index contributed by atoms with van der Waals surface area (Å²) in [5.41, 5.74) is 7.50. The molecule has 1 fully saturated rings. The van der Waals surface area contributed by atoms with Crippen molar-refractivity contribution in [2.24, 2.45) is 5.73 Å². The Morgan fingerprint density at radius 1 is 1.50 bits per heavy atom. The van der Waals surface area contributed by atoms with Crippen LogP contribution in [0.4, 0.5) is 0 Å². The van der Waals surface area contributed by atoms with Gasteiger partial charge in [-0.2, -0.15) is 5.26 Å². The molecule has 16 heavy (non-hydrogen) atoms. The number of hydrogen-bond donors (Lipinski definition) is 1. The fourth-order valence-electron chi connectivity index (χ4n) is 2.00. The molecule has 1 aromatic rings. The highest BCUT2D eigenvalue weighted by molar-refractivity contribution is 5.25. The number of nitrogens with zero attached hydrogens (tertiary/aromatic N) is 3. The fraction of sp³-hybridized carbons (Fsp3) is 0.500. The minimum Gasteiger partial charge on any atom is -0.328 e. The molecule has 0 spiro atoms. The number of nitrogens with two attached hydrogens (primary N) is 1. The topological polar surface area (TPSA) is 65.9 Å². The first kappa shape index (κ1) is 11.1. The van der Waals surface area contributed by atoms with Crippen LogP contribution in [-0.2, 0) is 6.54 Å². The predicted octanol–water partition coefficient (Wildman–Crippen LogP) is 0.876. The van der Waals surface area contributed by atoms with Gasteiger partial charge in [0.1, 0.15) is 11.8 Å². The summed E-state index contributed by atoms with van der Waals surface area (Å²) in [7, 11) is 0. The predicted molar refractivity (Wildman–Crippen MR) is 61.4 cm³/mol. The molecule has 4 heteroatoms. The van der Waals surface area contributed by atoms with Crippen LogP contribution in [-0.4, -0.2) is 29.0 Å². The third-order valence-corrected chi connectivity index (χ3v) is 2.98.